The van der Waals surface area contributed by atoms with Crippen molar-refractivity contribution in [2.24, 2.45) is 0 Å². The molecular formula is C30H22N2O3. The van der Waals surface area contributed by atoms with Gasteiger partial charge >= 0.3 is 0 Å². The summed E-state index contributed by atoms with van der Waals surface area (Å²) in [6.07, 6.45) is 2.57. The van der Waals surface area contributed by atoms with E-state index in [1.165, 1.54) is 0 Å². The Labute approximate surface area is 202 Å². The molecule has 3 heterocycles. The number of anilines is 1. The zero-order chi connectivity index (χ0) is 23.5. The number of carbonyl (C=O) groups excluding carboxylic acids is 1. The van der Waals surface area contributed by atoms with E-state index in [0.29, 0.717) is 35.7 Å². The lowest BCUT2D eigenvalue weighted by Gasteiger charge is -2.33. The van der Waals surface area contributed by atoms with Crippen LogP contribution in [0.5, 0.6) is 11.6 Å². The molecule has 2 aliphatic rings. The third-order valence-electron chi connectivity index (χ3n) is 7.26. The zero-order valence-corrected chi connectivity index (χ0v) is 18.9. The van der Waals surface area contributed by atoms with E-state index < -0.39 is 0 Å². The number of Topliss-reactive ketones (excluding diaryl/α,β-unsaturated/α-hetero) is 1. The van der Waals surface area contributed by atoms with Crippen molar-refractivity contribution in [2.75, 3.05) is 5.73 Å². The summed E-state index contributed by atoms with van der Waals surface area (Å²) in [6.45, 7) is 0. The Morgan fingerprint density at radius 1 is 0.857 bits per heavy atom. The van der Waals surface area contributed by atoms with Crippen molar-refractivity contribution in [3.8, 4) is 11.6 Å². The van der Waals surface area contributed by atoms with Gasteiger partial charge in [0, 0.05) is 30.2 Å². The number of fused-ring (bicyclic) bond motifs is 5. The largest absolute Gasteiger partial charge is 0.469 e. The molecule has 7 rings (SSSR count). The molecule has 3 aromatic carbocycles. The third-order valence-corrected chi connectivity index (χ3v) is 7.26. The smallest absolute Gasteiger partial charge is 0.225 e. The van der Waals surface area contributed by atoms with Gasteiger partial charge in [0.2, 0.25) is 5.88 Å². The van der Waals surface area contributed by atoms with E-state index in [0.717, 1.165) is 39.0 Å². The third kappa shape index (κ3) is 3.01. The Hall–Kier alpha value is -4.38. The fourth-order valence-corrected chi connectivity index (χ4v) is 5.71. The Bertz CT molecular complexity index is 1610. The zero-order valence-electron chi connectivity index (χ0n) is 18.9. The highest BCUT2D eigenvalue weighted by molar-refractivity contribution is 6.04. The molecule has 0 amide bonds. The molecule has 0 saturated carbocycles. The average Bonchev–Trinajstić information content (AvgIpc) is 3.43. The SMILES string of the molecule is Nc1c2c(nc3c1C(c1ccccc1)c1c(ccc4ccccc14)O3)CC(c1ccco1)CC2=O. The lowest BCUT2D eigenvalue weighted by atomic mass is 9.77. The molecule has 2 atom stereocenters. The first-order chi connectivity index (χ1) is 17.2. The molecule has 1 aliphatic heterocycles. The summed E-state index contributed by atoms with van der Waals surface area (Å²) in [7, 11) is 0. The summed E-state index contributed by atoms with van der Waals surface area (Å²) in [5.41, 5.74) is 11.4. The van der Waals surface area contributed by atoms with Gasteiger partial charge in [-0.3, -0.25) is 4.79 Å². The molecule has 35 heavy (non-hydrogen) atoms. The first-order valence-corrected chi connectivity index (χ1v) is 11.8. The van der Waals surface area contributed by atoms with Gasteiger partial charge in [-0.15, -0.1) is 0 Å². The molecule has 0 radical (unpaired) electrons. The summed E-state index contributed by atoms with van der Waals surface area (Å²) >= 11 is 0. The molecule has 2 aromatic heterocycles. The van der Waals surface area contributed by atoms with Crippen molar-refractivity contribution in [3.63, 3.8) is 0 Å². The molecule has 1 aliphatic carbocycles. The van der Waals surface area contributed by atoms with E-state index in [1.807, 2.05) is 48.5 Å². The molecule has 0 spiro atoms. The first kappa shape index (κ1) is 20.0. The standard InChI is InChI=1S/C30H22N2O3/c31-29-27-21(15-19(16-22(27)33)23-11-6-14-34-23)32-30-28(29)25(18-8-2-1-3-9-18)26-20-10-5-4-7-17(20)12-13-24(26)35-30/h1-14,19,25H,15-16H2,(H2,31,32). The van der Waals surface area contributed by atoms with Gasteiger partial charge in [0.05, 0.1) is 28.8 Å². The molecule has 2 N–H and O–H groups in total. The minimum atomic E-state index is -0.200. The second kappa shape index (κ2) is 7.57. The van der Waals surface area contributed by atoms with Crippen LogP contribution in [0.2, 0.25) is 0 Å². The first-order valence-electron chi connectivity index (χ1n) is 11.8. The van der Waals surface area contributed by atoms with Crippen molar-refractivity contribution in [1.29, 1.82) is 0 Å². The molecular weight excluding hydrogens is 436 g/mol. The number of aromatic nitrogens is 1. The number of hydrogen-bond donors (Lipinski definition) is 1. The monoisotopic (exact) mass is 458 g/mol. The van der Waals surface area contributed by atoms with E-state index in [9.17, 15) is 4.79 Å². The Morgan fingerprint density at radius 2 is 1.69 bits per heavy atom. The highest BCUT2D eigenvalue weighted by Gasteiger charge is 2.39. The van der Waals surface area contributed by atoms with Crippen molar-refractivity contribution in [1.82, 2.24) is 4.98 Å². The fourth-order valence-electron chi connectivity index (χ4n) is 5.71. The molecule has 0 bridgehead atoms. The highest BCUT2D eigenvalue weighted by Crippen LogP contribution is 2.53. The number of carbonyl (C=O) groups is 1. The number of nitrogens with zero attached hydrogens (tertiary/aromatic N) is 1. The second-order valence-corrected chi connectivity index (χ2v) is 9.25. The molecule has 2 unspecified atom stereocenters. The molecule has 0 saturated heterocycles. The van der Waals surface area contributed by atoms with Crippen LogP contribution in [0.25, 0.3) is 10.8 Å². The normalized spacial score (nSPS) is 18.5. The van der Waals surface area contributed by atoms with Crippen LogP contribution in [0.3, 0.4) is 0 Å². The van der Waals surface area contributed by atoms with Crippen LogP contribution < -0.4 is 10.5 Å². The number of benzene rings is 3. The maximum Gasteiger partial charge on any atom is 0.225 e. The summed E-state index contributed by atoms with van der Waals surface area (Å²) < 4.78 is 12.0. The summed E-state index contributed by atoms with van der Waals surface area (Å²) in [5, 5.41) is 2.23. The number of ether oxygens (including phenoxy) is 1. The van der Waals surface area contributed by atoms with Crippen molar-refractivity contribution < 1.29 is 13.9 Å². The number of nitrogen functional groups attached to an aromatic ring is 1. The van der Waals surface area contributed by atoms with Crippen LogP contribution in [0.4, 0.5) is 5.69 Å². The topological polar surface area (TPSA) is 78.3 Å². The lowest BCUT2D eigenvalue weighted by molar-refractivity contribution is 0.0959. The van der Waals surface area contributed by atoms with Gasteiger partial charge in [0.25, 0.3) is 0 Å². The number of nitrogens with two attached hydrogens (primary N) is 1. The van der Waals surface area contributed by atoms with E-state index in [2.05, 4.69) is 30.3 Å². The van der Waals surface area contributed by atoms with Crippen molar-refractivity contribution in [3.05, 3.63) is 119 Å². The molecule has 5 heteroatoms. The Morgan fingerprint density at radius 3 is 2.51 bits per heavy atom. The van der Waals surface area contributed by atoms with Crippen LogP contribution in [0.1, 0.15) is 56.8 Å². The quantitative estimate of drug-likeness (QED) is 0.316. The summed E-state index contributed by atoms with van der Waals surface area (Å²) in [4.78, 5) is 18.3. The van der Waals surface area contributed by atoms with E-state index in [1.54, 1.807) is 6.26 Å². The Balaban J connectivity index is 1.47. The highest BCUT2D eigenvalue weighted by atomic mass is 16.5. The minimum Gasteiger partial charge on any atom is -0.469 e. The van der Waals surface area contributed by atoms with Crippen molar-refractivity contribution in [2.45, 2.75) is 24.7 Å². The second-order valence-electron chi connectivity index (χ2n) is 9.25. The molecule has 170 valence electrons. The van der Waals surface area contributed by atoms with E-state index >= 15 is 0 Å². The van der Waals surface area contributed by atoms with Gasteiger partial charge in [-0.25, -0.2) is 4.98 Å². The van der Waals surface area contributed by atoms with Gasteiger partial charge < -0.3 is 14.9 Å². The van der Waals surface area contributed by atoms with Crippen LogP contribution in [0.15, 0.2) is 89.5 Å². The van der Waals surface area contributed by atoms with Crippen LogP contribution in [-0.4, -0.2) is 10.8 Å². The number of ketones is 1. The minimum absolute atomic E-state index is 0.00372. The predicted molar refractivity (Wildman–Crippen MR) is 134 cm³/mol. The maximum atomic E-state index is 13.4. The summed E-state index contributed by atoms with van der Waals surface area (Å²) in [5.74, 6) is 1.78. The molecule has 0 fully saturated rings. The number of rotatable bonds is 2. The van der Waals surface area contributed by atoms with Crippen LogP contribution in [-0.2, 0) is 6.42 Å². The van der Waals surface area contributed by atoms with E-state index in [4.69, 9.17) is 19.9 Å². The number of hydrogen-bond acceptors (Lipinski definition) is 5. The van der Waals surface area contributed by atoms with Crippen LogP contribution in [0, 0.1) is 0 Å². The number of pyridine rings is 1. The number of furan rings is 1. The Kier molecular flexibility index (Phi) is 4.33. The van der Waals surface area contributed by atoms with Gasteiger partial charge in [0.1, 0.15) is 11.5 Å². The molecule has 5 nitrogen and oxygen atoms in total. The van der Waals surface area contributed by atoms with Gasteiger partial charge in [-0.1, -0.05) is 60.7 Å². The maximum absolute atomic E-state index is 13.4. The lowest BCUT2D eigenvalue weighted by Crippen LogP contribution is -2.25. The summed E-state index contributed by atoms with van der Waals surface area (Å²) in [6, 6.07) is 26.3. The van der Waals surface area contributed by atoms with Gasteiger partial charge in [-0.05, 0) is 34.5 Å². The predicted octanol–water partition coefficient (Wildman–Crippen LogP) is 6.61. The molecule has 5 aromatic rings. The van der Waals surface area contributed by atoms with Crippen molar-refractivity contribution >= 4 is 22.2 Å². The van der Waals surface area contributed by atoms with E-state index in [-0.39, 0.29) is 17.6 Å². The van der Waals surface area contributed by atoms with Crippen LogP contribution >= 0.6 is 0 Å². The van der Waals surface area contributed by atoms with Gasteiger partial charge in [0.15, 0.2) is 5.78 Å². The fraction of sp³-hybridized carbons (Fsp3) is 0.133. The average molecular weight is 459 g/mol. The van der Waals surface area contributed by atoms with Gasteiger partial charge in [-0.2, -0.15) is 0 Å².